The van der Waals surface area contributed by atoms with Crippen LogP contribution in [0.15, 0.2) is 48.5 Å². The van der Waals surface area contributed by atoms with Gasteiger partial charge in [0.15, 0.2) is 0 Å². The lowest BCUT2D eigenvalue weighted by molar-refractivity contribution is -0.130. The summed E-state index contributed by atoms with van der Waals surface area (Å²) in [6.45, 7) is 5.90. The lowest BCUT2D eigenvalue weighted by Gasteiger charge is -2.29. The third-order valence-electron chi connectivity index (χ3n) is 5.49. The van der Waals surface area contributed by atoms with Crippen LogP contribution in [0.2, 0.25) is 0 Å². The molecule has 2 heterocycles. The summed E-state index contributed by atoms with van der Waals surface area (Å²) < 4.78 is 1.08. The molecule has 1 aromatic heterocycles. The number of imidazole rings is 1. The van der Waals surface area contributed by atoms with E-state index in [-0.39, 0.29) is 23.8 Å². The Balaban J connectivity index is 1.83. The van der Waals surface area contributed by atoms with Crippen molar-refractivity contribution in [2.45, 2.75) is 38.8 Å². The van der Waals surface area contributed by atoms with Gasteiger partial charge in [-0.25, -0.2) is 9.78 Å². The molecule has 1 aliphatic rings. The molecular weight excluding hydrogens is 479 g/mol. The van der Waals surface area contributed by atoms with Gasteiger partial charge in [0.1, 0.15) is 17.9 Å². The van der Waals surface area contributed by atoms with E-state index in [0.717, 1.165) is 20.2 Å². The van der Waals surface area contributed by atoms with Crippen LogP contribution >= 0.6 is 22.6 Å². The molecule has 150 valence electrons. The third-order valence-corrected chi connectivity index (χ3v) is 6.16. The molecule has 1 fully saturated rings. The summed E-state index contributed by atoms with van der Waals surface area (Å²) in [5, 5.41) is 2.85. The van der Waals surface area contributed by atoms with E-state index in [2.05, 4.69) is 32.9 Å². The molecule has 4 rings (SSSR count). The molecule has 0 radical (unpaired) electrons. The molecule has 1 unspecified atom stereocenters. The van der Waals surface area contributed by atoms with E-state index < -0.39 is 12.1 Å². The molecule has 3 aromatic rings. The van der Waals surface area contributed by atoms with E-state index in [1.54, 1.807) is 0 Å². The first-order valence-corrected chi connectivity index (χ1v) is 10.8. The second kappa shape index (κ2) is 7.78. The molecule has 1 saturated heterocycles. The molecule has 0 spiro atoms. The molecule has 6 nitrogen and oxygen atoms in total. The van der Waals surface area contributed by atoms with Crippen LogP contribution in [-0.4, -0.2) is 32.8 Å². The molecule has 0 bridgehead atoms. The number of aromatic nitrogens is 2. The molecule has 29 heavy (non-hydrogen) atoms. The summed E-state index contributed by atoms with van der Waals surface area (Å²) >= 11 is 2.25. The number of hydrogen-bond donors (Lipinski definition) is 2. The lowest BCUT2D eigenvalue weighted by atomic mass is 9.91. The van der Waals surface area contributed by atoms with Gasteiger partial charge in [-0.05, 0) is 52.3 Å². The Labute approximate surface area is 183 Å². The lowest BCUT2D eigenvalue weighted by Crippen LogP contribution is -2.39. The number of rotatable bonds is 5. The van der Waals surface area contributed by atoms with Crippen LogP contribution in [0.25, 0.3) is 11.0 Å². The highest BCUT2D eigenvalue weighted by Gasteiger charge is 2.46. The quantitative estimate of drug-likeness (QED) is 0.396. The van der Waals surface area contributed by atoms with Crippen LogP contribution in [0.4, 0.5) is 4.79 Å². The summed E-state index contributed by atoms with van der Waals surface area (Å²) in [4.78, 5) is 35.5. The van der Waals surface area contributed by atoms with Crippen LogP contribution in [0.5, 0.6) is 0 Å². The molecule has 1 aliphatic heterocycles. The number of halogens is 1. The number of fused-ring (bicyclic) bond motifs is 1. The number of aromatic amines is 1. The molecule has 0 saturated carbocycles. The zero-order valence-electron chi connectivity index (χ0n) is 16.5. The highest BCUT2D eigenvalue weighted by Crippen LogP contribution is 2.37. The normalized spacial score (nSPS) is 19.1. The van der Waals surface area contributed by atoms with Gasteiger partial charge in [-0.15, -0.1) is 0 Å². The summed E-state index contributed by atoms with van der Waals surface area (Å²) in [5.74, 6) is 0.303. The number of carbonyl (C=O) groups excluding carboxylic acids is 2. The maximum absolute atomic E-state index is 13.2. The van der Waals surface area contributed by atoms with Gasteiger partial charge in [-0.2, -0.15) is 0 Å². The van der Waals surface area contributed by atoms with Crippen molar-refractivity contribution in [3.8, 4) is 0 Å². The number of nitrogens with zero attached hydrogens (tertiary/aromatic N) is 2. The number of H-pyrrole nitrogens is 1. The highest BCUT2D eigenvalue weighted by atomic mass is 127. The van der Waals surface area contributed by atoms with E-state index in [0.29, 0.717) is 5.82 Å². The van der Waals surface area contributed by atoms with Crippen molar-refractivity contribution in [1.29, 1.82) is 0 Å². The standard InChI is InChI=1S/C22H23IN4O2/c1-12(2)18-21(28)27(22(29)26-18)19(13(3)14-7-5-4-6-8-14)20-24-16-10-9-15(23)11-17(16)25-20/h4-13,18-19H,1-3H3,(H,24,25)(H,26,29)/t13-,18+,19?/m0/s1. The van der Waals surface area contributed by atoms with Crippen molar-refractivity contribution < 1.29 is 9.59 Å². The van der Waals surface area contributed by atoms with E-state index in [4.69, 9.17) is 4.98 Å². The second-order valence-corrected chi connectivity index (χ2v) is 9.05. The van der Waals surface area contributed by atoms with E-state index in [1.165, 1.54) is 4.90 Å². The smallest absolute Gasteiger partial charge is 0.325 e. The van der Waals surface area contributed by atoms with Gasteiger partial charge in [0, 0.05) is 9.49 Å². The van der Waals surface area contributed by atoms with Crippen LogP contribution in [-0.2, 0) is 4.79 Å². The fourth-order valence-corrected chi connectivity index (χ4v) is 4.36. The number of hydrogen-bond acceptors (Lipinski definition) is 3. The van der Waals surface area contributed by atoms with Gasteiger partial charge in [0.25, 0.3) is 5.91 Å². The molecule has 3 amide bonds. The summed E-state index contributed by atoms with van der Waals surface area (Å²) in [5.41, 5.74) is 2.75. The Kier molecular flexibility index (Phi) is 5.33. The van der Waals surface area contributed by atoms with Crippen molar-refractivity contribution in [2.75, 3.05) is 0 Å². The molecular formula is C22H23IN4O2. The minimum Gasteiger partial charge on any atom is -0.340 e. The summed E-state index contributed by atoms with van der Waals surface area (Å²) in [6.07, 6.45) is 0. The fourth-order valence-electron chi connectivity index (χ4n) is 3.89. The molecule has 2 aromatic carbocycles. The van der Waals surface area contributed by atoms with Crippen LogP contribution in [0.3, 0.4) is 0 Å². The van der Waals surface area contributed by atoms with Gasteiger partial charge in [0.2, 0.25) is 0 Å². The zero-order valence-corrected chi connectivity index (χ0v) is 18.7. The second-order valence-electron chi connectivity index (χ2n) is 7.81. The van der Waals surface area contributed by atoms with E-state index >= 15 is 0 Å². The van der Waals surface area contributed by atoms with Gasteiger partial charge >= 0.3 is 6.03 Å². The number of benzene rings is 2. The van der Waals surface area contributed by atoms with Gasteiger partial charge in [0.05, 0.1) is 11.0 Å². The minimum atomic E-state index is -0.529. The predicted molar refractivity (Wildman–Crippen MR) is 120 cm³/mol. The summed E-state index contributed by atoms with van der Waals surface area (Å²) in [6, 6.07) is 14.5. The van der Waals surface area contributed by atoms with Gasteiger partial charge < -0.3 is 10.3 Å². The monoisotopic (exact) mass is 502 g/mol. The van der Waals surface area contributed by atoms with Crippen molar-refractivity contribution in [2.24, 2.45) is 5.92 Å². The first-order chi connectivity index (χ1) is 13.9. The van der Waals surface area contributed by atoms with E-state index in [1.807, 2.05) is 69.3 Å². The number of amides is 3. The SMILES string of the molecule is CC(C)[C@H]1NC(=O)N(C(c2nc3cc(I)ccc3[nH]2)[C@@H](C)c2ccccc2)C1=O. The maximum atomic E-state index is 13.2. The Morgan fingerprint density at radius 1 is 1.07 bits per heavy atom. The molecule has 7 heteroatoms. The van der Waals surface area contributed by atoms with Crippen molar-refractivity contribution in [1.82, 2.24) is 20.2 Å². The van der Waals surface area contributed by atoms with Crippen LogP contribution in [0, 0.1) is 9.49 Å². The Morgan fingerprint density at radius 2 is 1.79 bits per heavy atom. The summed E-state index contributed by atoms with van der Waals surface area (Å²) in [7, 11) is 0. The third kappa shape index (κ3) is 3.63. The first kappa shape index (κ1) is 19.9. The maximum Gasteiger partial charge on any atom is 0.325 e. The average molecular weight is 502 g/mol. The Morgan fingerprint density at radius 3 is 2.45 bits per heavy atom. The zero-order chi connectivity index (χ0) is 20.7. The largest absolute Gasteiger partial charge is 0.340 e. The van der Waals surface area contributed by atoms with Gasteiger partial charge in [-0.1, -0.05) is 51.1 Å². The number of imide groups is 1. The number of urea groups is 1. The van der Waals surface area contributed by atoms with Crippen molar-refractivity contribution >= 4 is 45.6 Å². The highest BCUT2D eigenvalue weighted by molar-refractivity contribution is 14.1. The average Bonchev–Trinajstić information content (AvgIpc) is 3.24. The van der Waals surface area contributed by atoms with Crippen molar-refractivity contribution in [3.63, 3.8) is 0 Å². The number of nitrogens with one attached hydrogen (secondary N) is 2. The first-order valence-electron chi connectivity index (χ1n) is 9.70. The van der Waals surface area contributed by atoms with Crippen molar-refractivity contribution in [3.05, 3.63) is 63.5 Å². The molecule has 2 N–H and O–H groups in total. The van der Waals surface area contributed by atoms with Crippen LogP contribution in [0.1, 0.15) is 44.1 Å². The van der Waals surface area contributed by atoms with Crippen LogP contribution < -0.4 is 5.32 Å². The number of carbonyl (C=O) groups is 2. The fraction of sp³-hybridized carbons (Fsp3) is 0.318. The molecule has 0 aliphatic carbocycles. The Hall–Kier alpha value is -2.42. The Bertz CT molecular complexity index is 1060. The topological polar surface area (TPSA) is 78.1 Å². The molecule has 3 atom stereocenters. The van der Waals surface area contributed by atoms with E-state index in [9.17, 15) is 9.59 Å². The minimum absolute atomic E-state index is 0.0152. The van der Waals surface area contributed by atoms with Gasteiger partial charge in [-0.3, -0.25) is 9.69 Å². The predicted octanol–water partition coefficient (Wildman–Crippen LogP) is 4.59.